The van der Waals surface area contributed by atoms with Crippen molar-refractivity contribution in [2.24, 2.45) is 0 Å². The van der Waals surface area contributed by atoms with Crippen LogP contribution in [-0.2, 0) is 6.54 Å². The van der Waals surface area contributed by atoms with E-state index in [0.29, 0.717) is 0 Å². The molecule has 1 fully saturated rings. The second kappa shape index (κ2) is 5.24. The molecule has 0 aromatic carbocycles. The zero-order chi connectivity index (χ0) is 10.5. The van der Waals surface area contributed by atoms with Gasteiger partial charge < -0.3 is 4.90 Å². The van der Waals surface area contributed by atoms with Gasteiger partial charge in [-0.05, 0) is 18.7 Å². The molecule has 0 saturated carbocycles. The van der Waals surface area contributed by atoms with Crippen molar-refractivity contribution in [3.8, 4) is 0 Å². The molecule has 1 aromatic rings. The minimum absolute atomic E-state index is 0.998. The maximum absolute atomic E-state index is 4.36. The highest BCUT2D eigenvalue weighted by Crippen LogP contribution is 2.05. The van der Waals surface area contributed by atoms with Crippen LogP contribution in [0.3, 0.4) is 0 Å². The summed E-state index contributed by atoms with van der Waals surface area (Å²) in [5.74, 6) is 0. The van der Waals surface area contributed by atoms with Crippen LogP contribution in [0.4, 0.5) is 0 Å². The lowest BCUT2D eigenvalue weighted by molar-refractivity contribution is 0.131. The normalized spacial score (nSPS) is 19.3. The Hall–Kier alpha value is -0.930. The van der Waals surface area contributed by atoms with Gasteiger partial charge in [-0.1, -0.05) is 13.0 Å². The van der Waals surface area contributed by atoms with Crippen LogP contribution in [0.2, 0.25) is 0 Å². The van der Waals surface area contributed by atoms with E-state index >= 15 is 0 Å². The van der Waals surface area contributed by atoms with Crippen LogP contribution in [0.25, 0.3) is 0 Å². The van der Waals surface area contributed by atoms with Gasteiger partial charge in [0.05, 0.1) is 5.69 Å². The van der Waals surface area contributed by atoms with Gasteiger partial charge in [0.15, 0.2) is 0 Å². The summed E-state index contributed by atoms with van der Waals surface area (Å²) in [5, 5.41) is 0. The van der Waals surface area contributed by atoms with Gasteiger partial charge in [0.25, 0.3) is 0 Å². The molecule has 0 spiro atoms. The molecule has 0 atom stereocenters. The standard InChI is InChI=1S/C12H19N3/c1-2-14-7-9-15(10-8-14)11-12-5-3-4-6-13-12/h3-6H,2,7-11H2,1H3. The Bertz CT molecular complexity index is 278. The second-order valence-electron chi connectivity index (χ2n) is 4.03. The van der Waals surface area contributed by atoms with Crippen molar-refractivity contribution in [2.75, 3.05) is 32.7 Å². The molecule has 0 radical (unpaired) electrons. The molecule has 2 heterocycles. The Morgan fingerprint density at radius 3 is 2.47 bits per heavy atom. The van der Waals surface area contributed by atoms with Crippen LogP contribution < -0.4 is 0 Å². The van der Waals surface area contributed by atoms with Gasteiger partial charge in [-0.25, -0.2) is 0 Å². The summed E-state index contributed by atoms with van der Waals surface area (Å²) < 4.78 is 0. The van der Waals surface area contributed by atoms with Crippen molar-refractivity contribution < 1.29 is 0 Å². The van der Waals surface area contributed by atoms with Crippen molar-refractivity contribution >= 4 is 0 Å². The van der Waals surface area contributed by atoms with E-state index in [1.165, 1.54) is 38.4 Å². The fourth-order valence-corrected chi connectivity index (χ4v) is 1.98. The number of hydrogen-bond donors (Lipinski definition) is 0. The van der Waals surface area contributed by atoms with Gasteiger partial charge >= 0.3 is 0 Å². The Labute approximate surface area is 91.7 Å². The number of nitrogens with zero attached hydrogens (tertiary/aromatic N) is 3. The minimum Gasteiger partial charge on any atom is -0.301 e. The smallest absolute Gasteiger partial charge is 0.0543 e. The molecule has 0 amide bonds. The monoisotopic (exact) mass is 205 g/mol. The number of hydrogen-bond acceptors (Lipinski definition) is 3. The molecule has 3 nitrogen and oxygen atoms in total. The van der Waals surface area contributed by atoms with E-state index in [9.17, 15) is 0 Å². The second-order valence-corrected chi connectivity index (χ2v) is 4.03. The number of piperazine rings is 1. The quantitative estimate of drug-likeness (QED) is 0.739. The first-order chi connectivity index (χ1) is 7.38. The van der Waals surface area contributed by atoms with E-state index in [-0.39, 0.29) is 0 Å². The number of pyridine rings is 1. The lowest BCUT2D eigenvalue weighted by Gasteiger charge is -2.33. The first kappa shape index (κ1) is 10.6. The fraction of sp³-hybridized carbons (Fsp3) is 0.583. The molecular formula is C12H19N3. The van der Waals surface area contributed by atoms with E-state index in [1.807, 2.05) is 12.3 Å². The van der Waals surface area contributed by atoms with E-state index in [4.69, 9.17) is 0 Å². The van der Waals surface area contributed by atoms with Crippen molar-refractivity contribution in [1.82, 2.24) is 14.8 Å². The molecule has 0 bridgehead atoms. The molecule has 1 saturated heterocycles. The molecule has 2 rings (SSSR count). The van der Waals surface area contributed by atoms with Crippen molar-refractivity contribution in [1.29, 1.82) is 0 Å². The predicted molar refractivity (Wildman–Crippen MR) is 61.6 cm³/mol. The molecule has 0 N–H and O–H groups in total. The maximum Gasteiger partial charge on any atom is 0.0543 e. The van der Waals surface area contributed by atoms with Gasteiger partial charge in [0.2, 0.25) is 0 Å². The topological polar surface area (TPSA) is 19.4 Å². The first-order valence-corrected chi connectivity index (χ1v) is 5.73. The molecule has 1 aromatic heterocycles. The van der Waals surface area contributed by atoms with Crippen LogP contribution in [0.15, 0.2) is 24.4 Å². The molecule has 1 aliphatic rings. The average molecular weight is 205 g/mol. The zero-order valence-electron chi connectivity index (χ0n) is 9.39. The van der Waals surface area contributed by atoms with Crippen LogP contribution in [0.5, 0.6) is 0 Å². The Morgan fingerprint density at radius 2 is 1.87 bits per heavy atom. The molecular weight excluding hydrogens is 186 g/mol. The van der Waals surface area contributed by atoms with Crippen molar-refractivity contribution in [3.63, 3.8) is 0 Å². The highest BCUT2D eigenvalue weighted by atomic mass is 15.3. The summed E-state index contributed by atoms with van der Waals surface area (Å²) in [6.07, 6.45) is 1.87. The summed E-state index contributed by atoms with van der Waals surface area (Å²) in [6.45, 7) is 9.14. The number of likely N-dealkylation sites (N-methyl/N-ethyl adjacent to an activating group) is 1. The molecule has 82 valence electrons. The maximum atomic E-state index is 4.36. The number of rotatable bonds is 3. The predicted octanol–water partition coefficient (Wildman–Crippen LogP) is 1.22. The largest absolute Gasteiger partial charge is 0.301 e. The SMILES string of the molecule is CCN1CCN(Cc2ccccn2)CC1. The summed E-state index contributed by atoms with van der Waals surface area (Å²) >= 11 is 0. The van der Waals surface area contributed by atoms with Gasteiger partial charge in [0, 0.05) is 38.9 Å². The van der Waals surface area contributed by atoms with Gasteiger partial charge in [-0.3, -0.25) is 9.88 Å². The van der Waals surface area contributed by atoms with Crippen molar-refractivity contribution in [2.45, 2.75) is 13.5 Å². The lowest BCUT2D eigenvalue weighted by Crippen LogP contribution is -2.45. The van der Waals surface area contributed by atoms with Gasteiger partial charge in [0.1, 0.15) is 0 Å². The Balaban J connectivity index is 1.82. The van der Waals surface area contributed by atoms with Crippen molar-refractivity contribution in [3.05, 3.63) is 30.1 Å². The van der Waals surface area contributed by atoms with E-state index in [1.54, 1.807) is 0 Å². The lowest BCUT2D eigenvalue weighted by atomic mass is 10.2. The third kappa shape index (κ3) is 3.01. The zero-order valence-corrected chi connectivity index (χ0v) is 9.39. The van der Waals surface area contributed by atoms with E-state index in [2.05, 4.69) is 33.8 Å². The number of aromatic nitrogens is 1. The van der Waals surface area contributed by atoms with Gasteiger partial charge in [-0.15, -0.1) is 0 Å². The minimum atomic E-state index is 0.998. The third-order valence-corrected chi connectivity index (χ3v) is 3.02. The Kier molecular flexibility index (Phi) is 3.69. The van der Waals surface area contributed by atoms with Gasteiger partial charge in [-0.2, -0.15) is 0 Å². The van der Waals surface area contributed by atoms with Crippen LogP contribution in [-0.4, -0.2) is 47.5 Å². The highest BCUT2D eigenvalue weighted by molar-refractivity contribution is 5.03. The summed E-state index contributed by atoms with van der Waals surface area (Å²) in [5.41, 5.74) is 1.18. The average Bonchev–Trinajstić information content (AvgIpc) is 2.31. The third-order valence-electron chi connectivity index (χ3n) is 3.02. The molecule has 3 heteroatoms. The van der Waals surface area contributed by atoms with Crippen LogP contribution >= 0.6 is 0 Å². The van der Waals surface area contributed by atoms with E-state index in [0.717, 1.165) is 6.54 Å². The summed E-state index contributed by atoms with van der Waals surface area (Å²) in [6, 6.07) is 6.13. The molecule has 15 heavy (non-hydrogen) atoms. The Morgan fingerprint density at radius 1 is 1.13 bits per heavy atom. The van der Waals surface area contributed by atoms with Crippen LogP contribution in [0, 0.1) is 0 Å². The fourth-order valence-electron chi connectivity index (χ4n) is 1.98. The molecule has 0 aliphatic carbocycles. The van der Waals surface area contributed by atoms with E-state index < -0.39 is 0 Å². The molecule has 1 aliphatic heterocycles. The van der Waals surface area contributed by atoms with Crippen LogP contribution in [0.1, 0.15) is 12.6 Å². The highest BCUT2D eigenvalue weighted by Gasteiger charge is 2.15. The first-order valence-electron chi connectivity index (χ1n) is 5.73. The summed E-state index contributed by atoms with van der Waals surface area (Å²) in [4.78, 5) is 9.33. The summed E-state index contributed by atoms with van der Waals surface area (Å²) in [7, 11) is 0. The molecule has 0 unspecified atom stereocenters.